The first-order valence-corrected chi connectivity index (χ1v) is 23.4. The fraction of sp³-hybridized carbons (Fsp3) is 0.312. The van der Waals surface area contributed by atoms with Gasteiger partial charge in [0.1, 0.15) is 48.1 Å². The molecule has 2 fully saturated rings. The van der Waals surface area contributed by atoms with Crippen molar-refractivity contribution in [3.63, 3.8) is 0 Å². The molecule has 348 valence electrons. The van der Waals surface area contributed by atoms with Crippen molar-refractivity contribution in [2.45, 2.75) is 62.7 Å². The van der Waals surface area contributed by atoms with Gasteiger partial charge in [0, 0.05) is 37.4 Å². The van der Waals surface area contributed by atoms with E-state index in [1.54, 1.807) is 32.0 Å². The fourth-order valence-electron chi connectivity index (χ4n) is 8.45. The normalized spacial score (nSPS) is 20.4. The van der Waals surface area contributed by atoms with Crippen LogP contribution in [0.1, 0.15) is 54.0 Å². The van der Waals surface area contributed by atoms with E-state index < -0.39 is 61.7 Å². The Hall–Kier alpha value is -6.50. The number of aryl methyl sites for hydroxylation is 1. The van der Waals surface area contributed by atoms with Gasteiger partial charge in [0.25, 0.3) is 5.56 Å². The van der Waals surface area contributed by atoms with E-state index in [2.05, 4.69) is 20.3 Å². The van der Waals surface area contributed by atoms with Gasteiger partial charge >= 0.3 is 13.3 Å². The molecule has 0 aliphatic carbocycles. The number of para-hydroxylation sites is 1. The number of aromatic amines is 1. The highest BCUT2D eigenvalue weighted by Gasteiger charge is 2.46. The summed E-state index contributed by atoms with van der Waals surface area (Å²) in [5.41, 5.74) is 2.34. The largest absolute Gasteiger partial charge is 0.497 e. The first-order valence-electron chi connectivity index (χ1n) is 21.7. The summed E-state index contributed by atoms with van der Waals surface area (Å²) >= 11 is 0. The number of hydrogen-bond acceptors (Lipinski definition) is 15. The second kappa shape index (κ2) is 19.8. The third-order valence-corrected chi connectivity index (χ3v) is 13.5. The summed E-state index contributed by atoms with van der Waals surface area (Å²) in [6.45, 7) is 1.53. The van der Waals surface area contributed by atoms with Gasteiger partial charge in [-0.3, -0.25) is 23.5 Å². The molecule has 3 aromatic heterocycles. The molecular formula is C48H50N7O11P. The minimum Gasteiger partial charge on any atom is -0.497 e. The highest BCUT2D eigenvalue weighted by Crippen LogP contribution is 2.53. The smallest absolute Gasteiger partial charge is 0.356 e. The lowest BCUT2D eigenvalue weighted by Crippen LogP contribution is -2.38. The number of H-pyrrole nitrogens is 1. The van der Waals surface area contributed by atoms with Crippen molar-refractivity contribution < 1.29 is 42.0 Å². The molecule has 4 aromatic carbocycles. The van der Waals surface area contributed by atoms with Crippen molar-refractivity contribution in [3.05, 3.63) is 171 Å². The second-order valence-corrected chi connectivity index (χ2v) is 18.1. The Bertz CT molecular complexity index is 2900. The average molecular weight is 932 g/mol. The van der Waals surface area contributed by atoms with E-state index in [4.69, 9.17) is 42.5 Å². The Morgan fingerprint density at radius 1 is 0.791 bits per heavy atom. The van der Waals surface area contributed by atoms with Crippen LogP contribution in [-0.2, 0) is 38.2 Å². The van der Waals surface area contributed by atoms with Gasteiger partial charge in [-0.1, -0.05) is 72.8 Å². The van der Waals surface area contributed by atoms with Crippen molar-refractivity contribution >= 4 is 30.3 Å². The Balaban J connectivity index is 1.03. The topological polar surface area (TPSA) is 201 Å². The first kappa shape index (κ1) is 45.6. The summed E-state index contributed by atoms with van der Waals surface area (Å²) in [6.07, 6.45) is 0.995. The number of methoxy groups -OCH3 is 2. The Labute approximate surface area is 385 Å². The lowest BCUT2D eigenvalue weighted by atomic mass is 9.80. The third-order valence-electron chi connectivity index (χ3n) is 11.9. The SMILES string of the molecule is COc1ccc(C(OC[C@H]2O[C@@H](n3cnc4c(Nc5ccccc5)ncnc43)C[C@H]2OP(=O)(CO[C@@H]2CC[C@H](n3cc(C)c(=O)[nH]c3=O)O2)OC)(c2ccccc2)c2ccc(OC)cc2)cc1. The molecule has 6 atom stereocenters. The summed E-state index contributed by atoms with van der Waals surface area (Å²) in [5, 5.41) is 3.32. The summed E-state index contributed by atoms with van der Waals surface area (Å²) in [5.74, 6) is 1.85. The average Bonchev–Trinajstić information content (AvgIpc) is 4.13. The van der Waals surface area contributed by atoms with Gasteiger partial charge in [0.05, 0.1) is 27.2 Å². The quantitative estimate of drug-likeness (QED) is 0.0630. The molecule has 0 saturated carbocycles. The molecular weight excluding hydrogens is 882 g/mol. The van der Waals surface area contributed by atoms with Crippen LogP contribution < -0.4 is 26.0 Å². The van der Waals surface area contributed by atoms with Crippen LogP contribution >= 0.6 is 7.60 Å². The van der Waals surface area contributed by atoms with Gasteiger partial charge in [0.15, 0.2) is 29.6 Å². The van der Waals surface area contributed by atoms with E-state index in [9.17, 15) is 14.2 Å². The number of rotatable bonds is 18. The summed E-state index contributed by atoms with van der Waals surface area (Å²) in [6, 6.07) is 34.8. The Kier molecular flexibility index (Phi) is 13.5. The maximum atomic E-state index is 14.7. The number of fused-ring (bicyclic) bond motifs is 1. The monoisotopic (exact) mass is 931 g/mol. The summed E-state index contributed by atoms with van der Waals surface area (Å²) in [7, 11) is 0.467. The van der Waals surface area contributed by atoms with E-state index >= 15 is 0 Å². The van der Waals surface area contributed by atoms with Crippen molar-refractivity contribution in [2.24, 2.45) is 0 Å². The van der Waals surface area contributed by atoms with Crippen molar-refractivity contribution in [1.29, 1.82) is 0 Å². The number of imidazole rings is 1. The summed E-state index contributed by atoms with van der Waals surface area (Å²) in [4.78, 5) is 40.7. The van der Waals surface area contributed by atoms with Crippen LogP contribution in [-0.4, -0.2) is 81.9 Å². The molecule has 5 heterocycles. The van der Waals surface area contributed by atoms with Crippen LogP contribution in [0.15, 0.2) is 138 Å². The molecule has 0 radical (unpaired) electrons. The zero-order chi connectivity index (χ0) is 46.5. The van der Waals surface area contributed by atoms with Crippen LogP contribution in [0.25, 0.3) is 11.2 Å². The predicted octanol–water partition coefficient (Wildman–Crippen LogP) is 7.58. The van der Waals surface area contributed by atoms with Crippen molar-refractivity contribution in [3.8, 4) is 11.5 Å². The molecule has 67 heavy (non-hydrogen) atoms. The van der Waals surface area contributed by atoms with Gasteiger partial charge in [0.2, 0.25) is 0 Å². The zero-order valence-corrected chi connectivity index (χ0v) is 38.1. The van der Waals surface area contributed by atoms with Gasteiger partial charge < -0.3 is 42.8 Å². The Morgan fingerprint density at radius 3 is 2.10 bits per heavy atom. The molecule has 0 amide bonds. The second-order valence-electron chi connectivity index (χ2n) is 16.0. The molecule has 7 aromatic rings. The molecule has 2 N–H and O–H groups in total. The van der Waals surface area contributed by atoms with Gasteiger partial charge in [-0.15, -0.1) is 0 Å². The van der Waals surface area contributed by atoms with Crippen molar-refractivity contribution in [1.82, 2.24) is 29.1 Å². The minimum absolute atomic E-state index is 0.0676. The lowest BCUT2D eigenvalue weighted by Gasteiger charge is -2.37. The van der Waals surface area contributed by atoms with E-state index in [0.717, 1.165) is 22.4 Å². The fourth-order valence-corrected chi connectivity index (χ4v) is 9.69. The van der Waals surface area contributed by atoms with Crippen LogP contribution in [0.5, 0.6) is 11.5 Å². The number of nitrogens with one attached hydrogen (secondary N) is 2. The standard InChI is InChI=1S/C48H50N7O11P/c1-31-26-54(47(57)53-46(31)56)40-23-24-42(65-40)62-30-67(58,61-4)66-38-25-41(55-29-51-43-44(49-28-50-45(43)55)52-35-13-9-6-10-14-35)64-39(38)27-63-48(32-11-7-5-8-12-32,33-15-19-36(59-2)20-16-33)34-17-21-37(60-3)22-18-34/h5-22,26,28-29,38-42H,23-25,27,30H2,1-4H3,(H,49,50,52)(H,53,56,57)/t38-,39-,40-,41-,42+,67?/m1/s1. The highest BCUT2D eigenvalue weighted by atomic mass is 31.2. The number of nitrogens with zero attached hydrogens (tertiary/aromatic N) is 5. The van der Waals surface area contributed by atoms with E-state index in [0.29, 0.717) is 46.9 Å². The number of anilines is 2. The maximum Gasteiger partial charge on any atom is 0.356 e. The number of hydrogen-bond donors (Lipinski definition) is 2. The number of ether oxygens (including phenoxy) is 6. The van der Waals surface area contributed by atoms with Crippen LogP contribution in [0, 0.1) is 6.92 Å². The molecule has 19 heteroatoms. The number of benzene rings is 4. The van der Waals surface area contributed by atoms with Gasteiger partial charge in [-0.25, -0.2) is 19.7 Å². The van der Waals surface area contributed by atoms with Gasteiger partial charge in [-0.2, -0.15) is 0 Å². The molecule has 0 bridgehead atoms. The lowest BCUT2D eigenvalue weighted by molar-refractivity contribution is -0.143. The Morgan fingerprint density at radius 2 is 1.45 bits per heavy atom. The van der Waals surface area contributed by atoms with E-state index in [1.165, 1.54) is 24.2 Å². The summed E-state index contributed by atoms with van der Waals surface area (Å²) < 4.78 is 67.2. The first-order chi connectivity index (χ1) is 32.6. The van der Waals surface area contributed by atoms with E-state index in [1.807, 2.05) is 109 Å². The molecule has 0 spiro atoms. The van der Waals surface area contributed by atoms with E-state index in [-0.39, 0.29) is 13.0 Å². The van der Waals surface area contributed by atoms with Crippen LogP contribution in [0.3, 0.4) is 0 Å². The van der Waals surface area contributed by atoms with Crippen LogP contribution in [0.2, 0.25) is 0 Å². The minimum atomic E-state index is -4.05. The number of aromatic nitrogens is 6. The van der Waals surface area contributed by atoms with Crippen molar-refractivity contribution in [2.75, 3.05) is 39.6 Å². The molecule has 2 aliphatic heterocycles. The third kappa shape index (κ3) is 9.55. The molecule has 2 aliphatic rings. The van der Waals surface area contributed by atoms with Gasteiger partial charge in [-0.05, 0) is 66.4 Å². The molecule has 18 nitrogen and oxygen atoms in total. The maximum absolute atomic E-state index is 14.7. The molecule has 9 rings (SSSR count). The zero-order valence-electron chi connectivity index (χ0n) is 37.2. The molecule has 1 unspecified atom stereocenters. The highest BCUT2D eigenvalue weighted by molar-refractivity contribution is 7.53. The molecule has 2 saturated heterocycles. The van der Waals surface area contributed by atoms with Crippen LogP contribution in [0.4, 0.5) is 11.5 Å². The predicted molar refractivity (Wildman–Crippen MR) is 246 cm³/mol.